The number of rotatable bonds is 4. The van der Waals surface area contributed by atoms with E-state index >= 15 is 0 Å². The van der Waals surface area contributed by atoms with Gasteiger partial charge in [0.1, 0.15) is 0 Å². The van der Waals surface area contributed by atoms with Gasteiger partial charge in [0.25, 0.3) is 0 Å². The maximum absolute atomic E-state index is 13.2. The van der Waals surface area contributed by atoms with E-state index in [4.69, 9.17) is 5.73 Å². The van der Waals surface area contributed by atoms with Crippen LogP contribution in [0.15, 0.2) is 42.7 Å². The van der Waals surface area contributed by atoms with E-state index in [2.05, 4.69) is 34.3 Å². The quantitative estimate of drug-likeness (QED) is 0.906. The molecule has 2 fully saturated rings. The monoisotopic (exact) mass is 353 g/mol. The zero-order valence-electron chi connectivity index (χ0n) is 15.3. The molecule has 0 bridgehead atoms. The molecule has 138 valence electrons. The normalized spacial score (nSPS) is 27.2. The Morgan fingerprint density at radius 3 is 2.73 bits per heavy atom. The molecule has 2 N–H and O–H groups in total. The van der Waals surface area contributed by atoms with E-state index in [9.17, 15) is 4.79 Å². The Balaban J connectivity index is 1.52. The maximum atomic E-state index is 13.2. The Kier molecular flexibility index (Phi) is 4.78. The third-order valence-corrected chi connectivity index (χ3v) is 5.85. The molecule has 4 rings (SSSR count). The van der Waals surface area contributed by atoms with Crippen LogP contribution in [0.2, 0.25) is 0 Å². The lowest BCUT2D eigenvalue weighted by atomic mass is 9.89. The highest BCUT2D eigenvalue weighted by atomic mass is 16.2. The lowest BCUT2D eigenvalue weighted by molar-refractivity contribution is -0.125. The Labute approximate surface area is 154 Å². The van der Waals surface area contributed by atoms with Gasteiger partial charge in [0, 0.05) is 38.8 Å². The van der Waals surface area contributed by atoms with Gasteiger partial charge in [-0.05, 0) is 30.9 Å². The molecule has 2 aliphatic heterocycles. The molecule has 6 heteroatoms. The highest BCUT2D eigenvalue weighted by Crippen LogP contribution is 2.35. The molecule has 1 aromatic heterocycles. The second-order valence-corrected chi connectivity index (χ2v) is 7.49. The molecular weight excluding hydrogens is 326 g/mol. The van der Waals surface area contributed by atoms with Gasteiger partial charge in [0.15, 0.2) is 0 Å². The SMILES string of the molecule is Cn1cc(N2CCCC(N3C[C@@H](CN)[C@H](c4ccccc4)C3)C2=O)cn1. The molecule has 2 saturated heterocycles. The number of hydrogen-bond donors (Lipinski definition) is 1. The highest BCUT2D eigenvalue weighted by Gasteiger charge is 2.41. The third-order valence-electron chi connectivity index (χ3n) is 5.85. The smallest absolute Gasteiger partial charge is 0.244 e. The van der Waals surface area contributed by atoms with Gasteiger partial charge in [0.2, 0.25) is 5.91 Å². The summed E-state index contributed by atoms with van der Waals surface area (Å²) in [5.74, 6) is 1.01. The summed E-state index contributed by atoms with van der Waals surface area (Å²) >= 11 is 0. The standard InChI is InChI=1S/C20H27N5O/c1-23-13-17(11-22-23)25-9-5-8-19(20(25)26)24-12-16(10-21)18(14-24)15-6-3-2-4-7-15/h2-4,6-7,11,13,16,18-19H,5,8-10,12,14,21H2,1H3/t16-,18+,19?/m1/s1. The fourth-order valence-electron chi connectivity index (χ4n) is 4.47. The number of nitrogens with zero attached hydrogens (tertiary/aromatic N) is 4. The van der Waals surface area contributed by atoms with Gasteiger partial charge in [-0.25, -0.2) is 0 Å². The Morgan fingerprint density at radius 2 is 2.04 bits per heavy atom. The van der Waals surface area contributed by atoms with Gasteiger partial charge in [-0.1, -0.05) is 30.3 Å². The zero-order chi connectivity index (χ0) is 18.1. The van der Waals surface area contributed by atoms with Gasteiger partial charge in [-0.2, -0.15) is 5.10 Å². The molecule has 1 aromatic carbocycles. The molecule has 0 spiro atoms. The fourth-order valence-corrected chi connectivity index (χ4v) is 4.47. The van der Waals surface area contributed by atoms with Crippen molar-refractivity contribution in [1.82, 2.24) is 14.7 Å². The predicted molar refractivity (Wildman–Crippen MR) is 102 cm³/mol. The first-order valence-electron chi connectivity index (χ1n) is 9.46. The van der Waals surface area contributed by atoms with Crippen LogP contribution in [0.4, 0.5) is 5.69 Å². The summed E-state index contributed by atoms with van der Waals surface area (Å²) in [5.41, 5.74) is 8.31. The fraction of sp³-hybridized carbons (Fsp3) is 0.500. The molecule has 1 unspecified atom stereocenters. The van der Waals surface area contributed by atoms with Crippen molar-refractivity contribution in [3.8, 4) is 0 Å². The summed E-state index contributed by atoms with van der Waals surface area (Å²) in [4.78, 5) is 17.4. The van der Waals surface area contributed by atoms with Crippen LogP contribution in [0.25, 0.3) is 0 Å². The summed E-state index contributed by atoms with van der Waals surface area (Å²) < 4.78 is 1.75. The molecule has 3 atom stereocenters. The number of anilines is 1. The second kappa shape index (κ2) is 7.21. The number of carbonyl (C=O) groups excluding carboxylic acids is 1. The molecule has 0 aliphatic carbocycles. The largest absolute Gasteiger partial charge is 0.330 e. The molecule has 3 heterocycles. The van der Waals surface area contributed by atoms with Crippen LogP contribution in [0.5, 0.6) is 0 Å². The van der Waals surface area contributed by atoms with Crippen LogP contribution in [-0.4, -0.2) is 52.8 Å². The lowest BCUT2D eigenvalue weighted by Crippen LogP contribution is -2.52. The summed E-state index contributed by atoms with van der Waals surface area (Å²) in [6, 6.07) is 10.5. The first kappa shape index (κ1) is 17.2. The Hall–Kier alpha value is -2.18. The van der Waals surface area contributed by atoms with E-state index in [-0.39, 0.29) is 11.9 Å². The molecule has 0 saturated carbocycles. The number of carbonyl (C=O) groups is 1. The number of piperidine rings is 1. The Morgan fingerprint density at radius 1 is 1.23 bits per heavy atom. The number of amides is 1. The topological polar surface area (TPSA) is 67.4 Å². The maximum Gasteiger partial charge on any atom is 0.244 e. The number of nitrogens with two attached hydrogens (primary N) is 1. The van der Waals surface area contributed by atoms with Crippen molar-refractivity contribution in [3.63, 3.8) is 0 Å². The van der Waals surface area contributed by atoms with Crippen molar-refractivity contribution in [1.29, 1.82) is 0 Å². The van der Waals surface area contributed by atoms with Crippen molar-refractivity contribution in [2.75, 3.05) is 31.1 Å². The van der Waals surface area contributed by atoms with E-state index in [0.717, 1.165) is 38.2 Å². The van der Waals surface area contributed by atoms with Crippen LogP contribution in [0.1, 0.15) is 24.3 Å². The number of hydrogen-bond acceptors (Lipinski definition) is 4. The second-order valence-electron chi connectivity index (χ2n) is 7.49. The summed E-state index contributed by atoms with van der Waals surface area (Å²) in [5, 5.41) is 4.22. The first-order chi connectivity index (χ1) is 12.7. The van der Waals surface area contributed by atoms with E-state index in [1.54, 1.807) is 10.9 Å². The summed E-state index contributed by atoms with van der Waals surface area (Å²) in [7, 11) is 1.88. The van der Waals surface area contributed by atoms with E-state index in [0.29, 0.717) is 18.4 Å². The summed E-state index contributed by atoms with van der Waals surface area (Å²) in [6.07, 6.45) is 5.64. The highest BCUT2D eigenvalue weighted by molar-refractivity contribution is 5.97. The molecule has 2 aliphatic rings. The van der Waals surface area contributed by atoms with Crippen LogP contribution < -0.4 is 10.6 Å². The first-order valence-corrected chi connectivity index (χ1v) is 9.46. The number of aromatic nitrogens is 2. The molecule has 0 radical (unpaired) electrons. The van der Waals surface area contributed by atoms with Gasteiger partial charge in [-0.15, -0.1) is 0 Å². The van der Waals surface area contributed by atoms with Crippen LogP contribution in [0.3, 0.4) is 0 Å². The average molecular weight is 353 g/mol. The number of aryl methyl sites for hydroxylation is 1. The lowest BCUT2D eigenvalue weighted by Gasteiger charge is -2.36. The molecule has 26 heavy (non-hydrogen) atoms. The minimum atomic E-state index is -0.0493. The van der Waals surface area contributed by atoms with Gasteiger partial charge in [0.05, 0.1) is 17.9 Å². The van der Waals surface area contributed by atoms with E-state index in [1.807, 2.05) is 24.2 Å². The molecule has 1 amide bonds. The minimum Gasteiger partial charge on any atom is -0.330 e. The number of likely N-dealkylation sites (tertiary alicyclic amines) is 1. The van der Waals surface area contributed by atoms with Crippen molar-refractivity contribution in [3.05, 3.63) is 48.3 Å². The Bertz CT molecular complexity index is 759. The van der Waals surface area contributed by atoms with Crippen molar-refractivity contribution in [2.24, 2.45) is 18.7 Å². The van der Waals surface area contributed by atoms with Gasteiger partial charge < -0.3 is 10.6 Å². The molecular formula is C20H27N5O. The van der Waals surface area contributed by atoms with Crippen LogP contribution in [0, 0.1) is 5.92 Å². The average Bonchev–Trinajstić information content (AvgIpc) is 3.29. The van der Waals surface area contributed by atoms with Gasteiger partial charge in [-0.3, -0.25) is 14.4 Å². The summed E-state index contributed by atoms with van der Waals surface area (Å²) in [6.45, 7) is 3.23. The predicted octanol–water partition coefficient (Wildman–Crippen LogP) is 1.59. The van der Waals surface area contributed by atoms with Crippen molar-refractivity contribution >= 4 is 11.6 Å². The third kappa shape index (κ3) is 3.15. The van der Waals surface area contributed by atoms with E-state index < -0.39 is 0 Å². The minimum absolute atomic E-state index is 0.0493. The van der Waals surface area contributed by atoms with Crippen LogP contribution >= 0.6 is 0 Å². The van der Waals surface area contributed by atoms with Crippen LogP contribution in [-0.2, 0) is 11.8 Å². The number of benzene rings is 1. The van der Waals surface area contributed by atoms with Crippen molar-refractivity contribution < 1.29 is 4.79 Å². The molecule has 6 nitrogen and oxygen atoms in total. The van der Waals surface area contributed by atoms with Gasteiger partial charge >= 0.3 is 0 Å². The van der Waals surface area contributed by atoms with Crippen molar-refractivity contribution in [2.45, 2.75) is 24.8 Å². The van der Waals surface area contributed by atoms with E-state index in [1.165, 1.54) is 5.56 Å². The molecule has 2 aromatic rings. The zero-order valence-corrected chi connectivity index (χ0v) is 15.3.